The van der Waals surface area contributed by atoms with Crippen LogP contribution in [0.5, 0.6) is 0 Å². The Kier molecular flexibility index (Phi) is 3.09. The van der Waals surface area contributed by atoms with E-state index in [-0.39, 0.29) is 0 Å². The zero-order chi connectivity index (χ0) is 11.6. The number of hydrogen-bond donors (Lipinski definition) is 1. The summed E-state index contributed by atoms with van der Waals surface area (Å²) in [6, 6.07) is 0. The van der Waals surface area contributed by atoms with E-state index in [9.17, 15) is 4.79 Å². The third-order valence-electron chi connectivity index (χ3n) is 2.42. The highest BCUT2D eigenvalue weighted by Gasteiger charge is 2.32. The fourth-order valence-electron chi connectivity index (χ4n) is 0.968. The van der Waals surface area contributed by atoms with Crippen LogP contribution in [0.25, 0.3) is 0 Å². The molecule has 1 N–H and O–H groups in total. The van der Waals surface area contributed by atoms with Gasteiger partial charge < -0.3 is 9.63 Å². The Morgan fingerprint density at radius 3 is 2.60 bits per heavy atom. The van der Waals surface area contributed by atoms with Gasteiger partial charge in [-0.25, -0.2) is 0 Å². The summed E-state index contributed by atoms with van der Waals surface area (Å²) in [5.74, 6) is 0.0806. The second-order valence-corrected chi connectivity index (χ2v) is 3.96. The summed E-state index contributed by atoms with van der Waals surface area (Å²) < 4.78 is 4.91. The minimum absolute atomic E-state index is 0.320. The fraction of sp³-hybridized carbons (Fsp3) is 0.667. The summed E-state index contributed by atoms with van der Waals surface area (Å²) in [5.41, 5.74) is -0.956. The van der Waals surface area contributed by atoms with Gasteiger partial charge >= 0.3 is 5.97 Å². The molecular weight excluding hydrogens is 198 g/mol. The normalized spacial score (nSPS) is 12.1. The number of hydrogen-bond acceptors (Lipinski definition) is 5. The summed E-state index contributed by atoms with van der Waals surface area (Å²) >= 11 is 0. The van der Waals surface area contributed by atoms with E-state index >= 15 is 0 Å². The Bertz CT molecular complexity index is 359. The average Bonchev–Trinajstić information content (AvgIpc) is 2.50. The number of carboxylic acid groups (broad SMARTS) is 1. The maximum atomic E-state index is 10.9. The molecule has 15 heavy (non-hydrogen) atoms. The van der Waals surface area contributed by atoms with Gasteiger partial charge in [0, 0.05) is 0 Å². The number of aromatic nitrogens is 2. The van der Waals surface area contributed by atoms with E-state index in [1.54, 1.807) is 32.7 Å². The van der Waals surface area contributed by atoms with Gasteiger partial charge in [0.2, 0.25) is 5.89 Å². The lowest BCUT2D eigenvalue weighted by atomic mass is 10.0. The van der Waals surface area contributed by atoms with Crippen LogP contribution in [-0.4, -0.2) is 38.7 Å². The molecule has 1 aromatic rings. The topological polar surface area (TPSA) is 79.5 Å². The molecule has 0 aliphatic rings. The van der Waals surface area contributed by atoms with Gasteiger partial charge in [-0.1, -0.05) is 5.16 Å². The Morgan fingerprint density at radius 2 is 2.20 bits per heavy atom. The summed E-state index contributed by atoms with van der Waals surface area (Å²) in [6.45, 7) is 5.28. The standard InChI is InChI=1S/C9H15N3O3/c1-6-10-7(15-11-6)5-12(4)9(2,3)8(13)14/h5H2,1-4H3,(H,13,14). The highest BCUT2D eigenvalue weighted by Crippen LogP contribution is 2.15. The Hall–Kier alpha value is -1.43. The number of carbonyl (C=O) groups is 1. The van der Waals surface area contributed by atoms with Crippen molar-refractivity contribution in [1.29, 1.82) is 0 Å². The van der Waals surface area contributed by atoms with Crippen LogP contribution in [0.15, 0.2) is 4.52 Å². The van der Waals surface area contributed by atoms with Crippen molar-refractivity contribution in [1.82, 2.24) is 15.0 Å². The van der Waals surface area contributed by atoms with Gasteiger partial charge in [0.25, 0.3) is 0 Å². The second kappa shape index (κ2) is 3.98. The minimum atomic E-state index is -0.956. The Balaban J connectivity index is 2.71. The van der Waals surface area contributed by atoms with Crippen LogP contribution in [0.1, 0.15) is 25.6 Å². The first-order chi connectivity index (χ1) is 6.84. The number of rotatable bonds is 4. The molecule has 1 rings (SSSR count). The van der Waals surface area contributed by atoms with Crippen molar-refractivity contribution in [3.63, 3.8) is 0 Å². The predicted molar refractivity (Wildman–Crippen MR) is 52.2 cm³/mol. The molecule has 0 amide bonds. The van der Waals surface area contributed by atoms with Crippen LogP contribution in [-0.2, 0) is 11.3 Å². The lowest BCUT2D eigenvalue weighted by molar-refractivity contribution is -0.149. The molecule has 1 heterocycles. The molecule has 0 fully saturated rings. The molecule has 0 saturated heterocycles. The maximum absolute atomic E-state index is 10.9. The minimum Gasteiger partial charge on any atom is -0.480 e. The van der Waals surface area contributed by atoms with E-state index in [4.69, 9.17) is 9.63 Å². The quantitative estimate of drug-likeness (QED) is 0.792. The third-order valence-corrected chi connectivity index (χ3v) is 2.42. The number of aliphatic carboxylic acids is 1. The summed E-state index contributed by atoms with van der Waals surface area (Å²) in [7, 11) is 1.70. The summed E-state index contributed by atoms with van der Waals surface area (Å²) in [5, 5.41) is 12.6. The number of carboxylic acids is 1. The van der Waals surface area contributed by atoms with Gasteiger partial charge in [-0.3, -0.25) is 9.69 Å². The van der Waals surface area contributed by atoms with Crippen LogP contribution >= 0.6 is 0 Å². The molecule has 0 aliphatic heterocycles. The van der Waals surface area contributed by atoms with E-state index in [0.717, 1.165) is 0 Å². The molecule has 0 aromatic carbocycles. The lowest BCUT2D eigenvalue weighted by Crippen LogP contribution is -2.47. The van der Waals surface area contributed by atoms with Gasteiger partial charge in [0.05, 0.1) is 6.54 Å². The highest BCUT2D eigenvalue weighted by atomic mass is 16.5. The van der Waals surface area contributed by atoms with Crippen LogP contribution < -0.4 is 0 Å². The first-order valence-electron chi connectivity index (χ1n) is 4.58. The van der Waals surface area contributed by atoms with Crippen molar-refractivity contribution in [2.45, 2.75) is 32.9 Å². The van der Waals surface area contributed by atoms with Crippen LogP contribution in [0.3, 0.4) is 0 Å². The smallest absolute Gasteiger partial charge is 0.323 e. The van der Waals surface area contributed by atoms with Crippen molar-refractivity contribution < 1.29 is 14.4 Å². The van der Waals surface area contributed by atoms with Gasteiger partial charge in [-0.15, -0.1) is 0 Å². The van der Waals surface area contributed by atoms with Crippen molar-refractivity contribution in [3.8, 4) is 0 Å². The van der Waals surface area contributed by atoms with Gasteiger partial charge in [0.15, 0.2) is 5.82 Å². The monoisotopic (exact) mass is 213 g/mol. The van der Waals surface area contributed by atoms with Crippen molar-refractivity contribution >= 4 is 5.97 Å². The van der Waals surface area contributed by atoms with E-state index in [1.807, 2.05) is 0 Å². The SMILES string of the molecule is Cc1noc(CN(C)C(C)(C)C(=O)O)n1. The number of likely N-dealkylation sites (N-methyl/N-ethyl adjacent to an activating group) is 1. The van der Waals surface area contributed by atoms with E-state index in [2.05, 4.69) is 10.1 Å². The van der Waals surface area contributed by atoms with Gasteiger partial charge in [-0.05, 0) is 27.8 Å². The molecule has 0 saturated carbocycles. The molecule has 0 bridgehead atoms. The molecule has 0 radical (unpaired) electrons. The molecule has 0 atom stereocenters. The molecule has 6 nitrogen and oxygen atoms in total. The molecule has 0 spiro atoms. The van der Waals surface area contributed by atoms with E-state index < -0.39 is 11.5 Å². The van der Waals surface area contributed by atoms with Gasteiger partial charge in [0.1, 0.15) is 5.54 Å². The van der Waals surface area contributed by atoms with Crippen molar-refractivity contribution in [2.24, 2.45) is 0 Å². The first-order valence-corrected chi connectivity index (χ1v) is 4.58. The lowest BCUT2D eigenvalue weighted by Gasteiger charge is -2.29. The second-order valence-electron chi connectivity index (χ2n) is 3.96. The maximum Gasteiger partial charge on any atom is 0.323 e. The average molecular weight is 213 g/mol. The van der Waals surface area contributed by atoms with Crippen molar-refractivity contribution in [3.05, 3.63) is 11.7 Å². The van der Waals surface area contributed by atoms with Crippen LogP contribution in [0.2, 0.25) is 0 Å². The molecular formula is C9H15N3O3. The highest BCUT2D eigenvalue weighted by molar-refractivity contribution is 5.77. The first kappa shape index (κ1) is 11.6. The van der Waals surface area contributed by atoms with E-state index in [1.165, 1.54) is 0 Å². The molecule has 1 aromatic heterocycles. The fourth-order valence-corrected chi connectivity index (χ4v) is 0.968. The van der Waals surface area contributed by atoms with E-state index in [0.29, 0.717) is 18.3 Å². The van der Waals surface area contributed by atoms with Gasteiger partial charge in [-0.2, -0.15) is 4.98 Å². The van der Waals surface area contributed by atoms with Crippen LogP contribution in [0.4, 0.5) is 0 Å². The summed E-state index contributed by atoms with van der Waals surface area (Å²) in [6.07, 6.45) is 0. The van der Waals surface area contributed by atoms with Crippen molar-refractivity contribution in [2.75, 3.05) is 7.05 Å². The molecule has 0 unspecified atom stereocenters. The zero-order valence-electron chi connectivity index (χ0n) is 9.31. The number of nitrogens with zero attached hydrogens (tertiary/aromatic N) is 3. The third kappa shape index (κ3) is 2.53. The largest absolute Gasteiger partial charge is 0.480 e. The Morgan fingerprint density at radius 1 is 1.60 bits per heavy atom. The zero-order valence-corrected chi connectivity index (χ0v) is 9.31. The molecule has 0 aliphatic carbocycles. The summed E-state index contributed by atoms with van der Waals surface area (Å²) in [4.78, 5) is 16.6. The Labute approximate surface area is 87.9 Å². The molecule has 6 heteroatoms. The molecule has 84 valence electrons. The predicted octanol–water partition coefficient (Wildman–Crippen LogP) is 0.673. The number of aryl methyl sites for hydroxylation is 1. The van der Waals surface area contributed by atoms with Crippen LogP contribution in [0, 0.1) is 6.92 Å².